The quantitative estimate of drug-likeness (QED) is 0.741. The van der Waals surface area contributed by atoms with Crippen LogP contribution in [0.5, 0.6) is 0 Å². The fraction of sp³-hybridized carbons (Fsp3) is 0.417. The summed E-state index contributed by atoms with van der Waals surface area (Å²) in [4.78, 5) is 11.5. The zero-order valence-electron chi connectivity index (χ0n) is 8.70. The monoisotopic (exact) mass is 204 g/mol. The minimum atomic E-state index is -0.0149. The molecule has 2 rings (SSSR count). The van der Waals surface area contributed by atoms with Crippen LogP contribution >= 0.6 is 0 Å². The fourth-order valence-electron chi connectivity index (χ4n) is 1.83. The Bertz CT molecular complexity index is 324. The fourth-order valence-corrected chi connectivity index (χ4v) is 1.83. The average molecular weight is 204 g/mol. The van der Waals surface area contributed by atoms with Crippen LogP contribution in [-0.4, -0.2) is 11.8 Å². The lowest BCUT2D eigenvalue weighted by molar-refractivity contribution is -0.122. The second-order valence-electron chi connectivity index (χ2n) is 3.90. The summed E-state index contributed by atoms with van der Waals surface area (Å²) in [7, 11) is 0. The van der Waals surface area contributed by atoms with E-state index in [1.807, 2.05) is 30.3 Å². The van der Waals surface area contributed by atoms with Crippen molar-refractivity contribution in [2.24, 2.45) is 0 Å². The SMILES string of the molecule is O=C1CCCCC1NNc1ccccc1. The number of Topliss-reactive ketones (excluding diaryl/α,β-unsaturated/α-hetero) is 1. The molecule has 1 saturated carbocycles. The van der Waals surface area contributed by atoms with E-state index in [0.29, 0.717) is 12.2 Å². The maximum absolute atomic E-state index is 11.5. The second-order valence-corrected chi connectivity index (χ2v) is 3.90. The topological polar surface area (TPSA) is 41.1 Å². The second kappa shape index (κ2) is 4.94. The molecule has 0 amide bonds. The van der Waals surface area contributed by atoms with E-state index in [1.165, 1.54) is 0 Å². The van der Waals surface area contributed by atoms with Crippen molar-refractivity contribution in [3.63, 3.8) is 0 Å². The molecule has 0 radical (unpaired) electrons. The van der Waals surface area contributed by atoms with E-state index in [9.17, 15) is 4.79 Å². The zero-order valence-corrected chi connectivity index (χ0v) is 8.70. The lowest BCUT2D eigenvalue weighted by atomic mass is 9.95. The number of carbonyl (C=O) groups is 1. The summed E-state index contributed by atoms with van der Waals surface area (Å²) in [5.41, 5.74) is 7.16. The van der Waals surface area contributed by atoms with Crippen molar-refractivity contribution < 1.29 is 4.79 Å². The molecule has 0 aliphatic heterocycles. The molecule has 1 aliphatic carbocycles. The summed E-state index contributed by atoms with van der Waals surface area (Å²) in [6.45, 7) is 0. The predicted octanol–water partition coefficient (Wildman–Crippen LogP) is 2.11. The van der Waals surface area contributed by atoms with Gasteiger partial charge in [0.2, 0.25) is 0 Å². The number of hydrogen-bond donors (Lipinski definition) is 2. The van der Waals surface area contributed by atoms with Gasteiger partial charge in [-0.3, -0.25) is 4.79 Å². The third-order valence-electron chi connectivity index (χ3n) is 2.72. The van der Waals surface area contributed by atoms with Crippen LogP contribution in [0.2, 0.25) is 0 Å². The van der Waals surface area contributed by atoms with Gasteiger partial charge >= 0.3 is 0 Å². The molecule has 3 heteroatoms. The molecule has 0 heterocycles. The average Bonchev–Trinajstić information content (AvgIpc) is 2.29. The highest BCUT2D eigenvalue weighted by atomic mass is 16.1. The summed E-state index contributed by atoms with van der Waals surface area (Å²) >= 11 is 0. The standard InChI is InChI=1S/C12H16N2O/c15-12-9-5-4-8-11(12)14-13-10-6-2-1-3-7-10/h1-3,6-7,11,13-14H,4-5,8-9H2. The predicted molar refractivity (Wildman–Crippen MR) is 60.5 cm³/mol. The van der Waals surface area contributed by atoms with E-state index >= 15 is 0 Å². The summed E-state index contributed by atoms with van der Waals surface area (Å²) < 4.78 is 0. The number of benzene rings is 1. The van der Waals surface area contributed by atoms with Crippen LogP contribution in [-0.2, 0) is 4.79 Å². The van der Waals surface area contributed by atoms with Crippen LogP contribution < -0.4 is 10.9 Å². The van der Waals surface area contributed by atoms with Crippen molar-refractivity contribution in [1.29, 1.82) is 0 Å². The molecule has 2 N–H and O–H groups in total. The minimum Gasteiger partial charge on any atom is -0.321 e. The van der Waals surface area contributed by atoms with Gasteiger partial charge in [-0.15, -0.1) is 0 Å². The first-order valence-corrected chi connectivity index (χ1v) is 5.45. The van der Waals surface area contributed by atoms with E-state index in [1.54, 1.807) is 0 Å². The number of hydrogen-bond acceptors (Lipinski definition) is 3. The third-order valence-corrected chi connectivity index (χ3v) is 2.72. The maximum atomic E-state index is 11.5. The highest BCUT2D eigenvalue weighted by Crippen LogP contribution is 2.14. The largest absolute Gasteiger partial charge is 0.321 e. The lowest BCUT2D eigenvalue weighted by Crippen LogP contribution is -2.42. The van der Waals surface area contributed by atoms with E-state index < -0.39 is 0 Å². The Hall–Kier alpha value is -1.35. The first-order chi connectivity index (χ1) is 7.36. The van der Waals surface area contributed by atoms with Crippen LogP contribution in [0, 0.1) is 0 Å². The van der Waals surface area contributed by atoms with Crippen molar-refractivity contribution in [1.82, 2.24) is 5.43 Å². The first kappa shape index (κ1) is 10.2. The van der Waals surface area contributed by atoms with Crippen molar-refractivity contribution in [3.8, 4) is 0 Å². The molecule has 0 aromatic heterocycles. The molecule has 0 saturated heterocycles. The van der Waals surface area contributed by atoms with Crippen LogP contribution in [0.25, 0.3) is 0 Å². The first-order valence-electron chi connectivity index (χ1n) is 5.45. The molecule has 1 aromatic rings. The van der Waals surface area contributed by atoms with Crippen molar-refractivity contribution in [2.45, 2.75) is 31.7 Å². The summed E-state index contributed by atoms with van der Waals surface area (Å²) in [5, 5.41) is 0. The molecule has 1 atom stereocenters. The smallest absolute Gasteiger partial charge is 0.151 e. The number of anilines is 1. The van der Waals surface area contributed by atoms with Crippen LogP contribution in [0.3, 0.4) is 0 Å². The molecule has 0 spiro atoms. The molecule has 80 valence electrons. The van der Waals surface area contributed by atoms with Gasteiger partial charge in [0.05, 0.1) is 6.04 Å². The van der Waals surface area contributed by atoms with Crippen LogP contribution in [0.1, 0.15) is 25.7 Å². The maximum Gasteiger partial charge on any atom is 0.151 e. The van der Waals surface area contributed by atoms with Crippen molar-refractivity contribution >= 4 is 11.5 Å². The Morgan fingerprint density at radius 3 is 2.67 bits per heavy atom. The number of nitrogens with one attached hydrogen (secondary N) is 2. The number of carbonyl (C=O) groups excluding carboxylic acids is 1. The molecule has 1 aliphatic rings. The van der Waals surface area contributed by atoms with Gasteiger partial charge in [0.15, 0.2) is 5.78 Å². The lowest BCUT2D eigenvalue weighted by Gasteiger charge is -2.22. The highest BCUT2D eigenvalue weighted by molar-refractivity contribution is 5.84. The van der Waals surface area contributed by atoms with Crippen molar-refractivity contribution in [2.75, 3.05) is 5.43 Å². The van der Waals surface area contributed by atoms with Gasteiger partial charge < -0.3 is 5.43 Å². The van der Waals surface area contributed by atoms with E-state index in [-0.39, 0.29) is 6.04 Å². The minimum absolute atomic E-state index is 0.0149. The van der Waals surface area contributed by atoms with Gasteiger partial charge in [-0.05, 0) is 25.0 Å². The number of rotatable bonds is 3. The van der Waals surface area contributed by atoms with Crippen LogP contribution in [0.15, 0.2) is 30.3 Å². The van der Waals surface area contributed by atoms with Gasteiger partial charge in [-0.1, -0.05) is 24.6 Å². The van der Waals surface area contributed by atoms with E-state index in [0.717, 1.165) is 24.9 Å². The van der Waals surface area contributed by atoms with E-state index in [4.69, 9.17) is 0 Å². The Morgan fingerprint density at radius 1 is 1.13 bits per heavy atom. The van der Waals surface area contributed by atoms with Gasteiger partial charge in [-0.2, -0.15) is 0 Å². The zero-order chi connectivity index (χ0) is 10.5. The Kier molecular flexibility index (Phi) is 3.35. The highest BCUT2D eigenvalue weighted by Gasteiger charge is 2.21. The van der Waals surface area contributed by atoms with Gasteiger partial charge in [0.1, 0.15) is 0 Å². The molecular formula is C12H16N2O. The number of hydrazine groups is 1. The van der Waals surface area contributed by atoms with Crippen LogP contribution in [0.4, 0.5) is 5.69 Å². The molecule has 1 unspecified atom stereocenters. The number of para-hydroxylation sites is 1. The Morgan fingerprint density at radius 2 is 1.93 bits per heavy atom. The Labute approximate surface area is 89.8 Å². The molecule has 1 fully saturated rings. The summed E-state index contributed by atoms with van der Waals surface area (Å²) in [5.74, 6) is 0.324. The van der Waals surface area contributed by atoms with Gasteiger partial charge in [0, 0.05) is 12.1 Å². The van der Waals surface area contributed by atoms with Gasteiger partial charge in [0.25, 0.3) is 0 Å². The summed E-state index contributed by atoms with van der Waals surface area (Å²) in [6, 6.07) is 9.83. The molecule has 3 nitrogen and oxygen atoms in total. The summed E-state index contributed by atoms with van der Waals surface area (Å²) in [6.07, 6.45) is 3.84. The molecule has 0 bridgehead atoms. The molecular weight excluding hydrogens is 188 g/mol. The normalized spacial score (nSPS) is 21.3. The van der Waals surface area contributed by atoms with Gasteiger partial charge in [-0.25, -0.2) is 5.43 Å². The third kappa shape index (κ3) is 2.80. The Balaban J connectivity index is 1.85. The number of ketones is 1. The molecule has 1 aromatic carbocycles. The molecule has 15 heavy (non-hydrogen) atoms. The van der Waals surface area contributed by atoms with E-state index in [2.05, 4.69) is 10.9 Å². The van der Waals surface area contributed by atoms with Crippen molar-refractivity contribution in [3.05, 3.63) is 30.3 Å².